The minimum atomic E-state index is -0.813. The zero-order valence-corrected chi connectivity index (χ0v) is 18.1. The maximum atomic E-state index is 13.0. The Balaban J connectivity index is 1.65. The van der Waals surface area contributed by atoms with Crippen LogP contribution in [0, 0.1) is 0 Å². The molecule has 1 spiro atoms. The molecule has 9 heteroatoms. The second-order valence-corrected chi connectivity index (χ2v) is 8.23. The van der Waals surface area contributed by atoms with Crippen molar-refractivity contribution >= 4 is 41.0 Å². The Morgan fingerprint density at radius 2 is 1.87 bits per heavy atom. The van der Waals surface area contributed by atoms with E-state index in [1.165, 1.54) is 17.0 Å². The van der Waals surface area contributed by atoms with E-state index in [9.17, 15) is 19.2 Å². The molecule has 1 aromatic rings. The van der Waals surface area contributed by atoms with Gasteiger partial charge in [-0.15, -0.1) is 0 Å². The van der Waals surface area contributed by atoms with Gasteiger partial charge in [0.25, 0.3) is 11.8 Å². The van der Waals surface area contributed by atoms with Crippen LogP contribution in [0.5, 0.6) is 0 Å². The van der Waals surface area contributed by atoms with Gasteiger partial charge in [0.15, 0.2) is 0 Å². The first-order chi connectivity index (χ1) is 14.3. The zero-order chi connectivity index (χ0) is 21.9. The summed E-state index contributed by atoms with van der Waals surface area (Å²) in [5, 5.41) is 5.59. The van der Waals surface area contributed by atoms with Crippen molar-refractivity contribution in [2.24, 2.45) is 0 Å². The molecule has 0 unspecified atom stereocenters. The number of urea groups is 1. The Hall–Kier alpha value is -2.61. The number of hydrogen-bond acceptors (Lipinski definition) is 4. The summed E-state index contributed by atoms with van der Waals surface area (Å²) in [5.41, 5.74) is -0.113. The predicted octanol–water partition coefficient (Wildman–Crippen LogP) is 3.02. The van der Waals surface area contributed by atoms with Crippen LogP contribution in [0.15, 0.2) is 18.2 Å². The fourth-order valence-electron chi connectivity index (χ4n) is 4.13. The molecular formula is C21H27ClN4O4. The van der Waals surface area contributed by atoms with Gasteiger partial charge in [-0.1, -0.05) is 37.8 Å². The molecule has 1 aromatic carbocycles. The molecule has 5 amide bonds. The topological polar surface area (TPSA) is 98.8 Å². The number of nitrogens with zero attached hydrogens (tertiary/aromatic N) is 2. The first kappa shape index (κ1) is 22.1. The lowest BCUT2D eigenvalue weighted by molar-refractivity contribution is -0.136. The second kappa shape index (κ2) is 9.04. The molecule has 2 aliphatic rings. The Morgan fingerprint density at radius 1 is 1.17 bits per heavy atom. The van der Waals surface area contributed by atoms with Crippen LogP contribution in [0.25, 0.3) is 0 Å². The number of hydrogen-bond donors (Lipinski definition) is 2. The third-order valence-corrected chi connectivity index (χ3v) is 6.13. The van der Waals surface area contributed by atoms with Crippen LogP contribution in [-0.4, -0.2) is 59.2 Å². The van der Waals surface area contributed by atoms with Crippen LogP contribution in [0.4, 0.5) is 10.5 Å². The van der Waals surface area contributed by atoms with E-state index in [0.29, 0.717) is 30.6 Å². The largest absolute Gasteiger partial charge is 0.352 e. The molecule has 1 aliphatic carbocycles. The fraction of sp³-hybridized carbons (Fsp3) is 0.524. The SMILES string of the molecule is CCCNC(=O)c1ccc(NC(=O)CN2C(=O)N(C)C3(CCCCC3)C2=O)cc1Cl. The highest BCUT2D eigenvalue weighted by atomic mass is 35.5. The molecule has 1 aliphatic heterocycles. The molecule has 1 heterocycles. The van der Waals surface area contributed by atoms with E-state index >= 15 is 0 Å². The van der Waals surface area contributed by atoms with Gasteiger partial charge in [0, 0.05) is 19.3 Å². The highest BCUT2D eigenvalue weighted by Crippen LogP contribution is 2.39. The Labute approximate surface area is 180 Å². The van der Waals surface area contributed by atoms with Crippen LogP contribution in [0.2, 0.25) is 5.02 Å². The minimum absolute atomic E-state index is 0.204. The lowest BCUT2D eigenvalue weighted by atomic mass is 9.81. The quantitative estimate of drug-likeness (QED) is 0.672. The van der Waals surface area contributed by atoms with E-state index in [0.717, 1.165) is 30.6 Å². The van der Waals surface area contributed by atoms with E-state index in [1.54, 1.807) is 13.1 Å². The van der Waals surface area contributed by atoms with Gasteiger partial charge in [-0.05, 0) is 37.5 Å². The van der Waals surface area contributed by atoms with E-state index < -0.39 is 17.5 Å². The van der Waals surface area contributed by atoms with Crippen molar-refractivity contribution in [2.45, 2.75) is 51.0 Å². The Bertz CT molecular complexity index is 867. The van der Waals surface area contributed by atoms with Crippen LogP contribution < -0.4 is 10.6 Å². The van der Waals surface area contributed by atoms with Crippen molar-refractivity contribution < 1.29 is 19.2 Å². The molecule has 8 nitrogen and oxygen atoms in total. The summed E-state index contributed by atoms with van der Waals surface area (Å²) in [5.74, 6) is -1.09. The lowest BCUT2D eigenvalue weighted by Gasteiger charge is -2.35. The van der Waals surface area contributed by atoms with Crippen LogP contribution >= 0.6 is 11.6 Å². The van der Waals surface area contributed by atoms with Crippen LogP contribution in [0.3, 0.4) is 0 Å². The maximum Gasteiger partial charge on any atom is 0.327 e. The zero-order valence-electron chi connectivity index (χ0n) is 17.3. The lowest BCUT2D eigenvalue weighted by Crippen LogP contribution is -2.49. The van der Waals surface area contributed by atoms with E-state index in [2.05, 4.69) is 10.6 Å². The summed E-state index contributed by atoms with van der Waals surface area (Å²) in [4.78, 5) is 52.7. The van der Waals surface area contributed by atoms with Crippen LogP contribution in [0.1, 0.15) is 55.8 Å². The average Bonchev–Trinajstić information content (AvgIpc) is 2.89. The number of imide groups is 1. The monoisotopic (exact) mass is 434 g/mol. The predicted molar refractivity (Wildman–Crippen MR) is 113 cm³/mol. The van der Waals surface area contributed by atoms with Gasteiger partial charge in [-0.2, -0.15) is 0 Å². The number of nitrogens with one attached hydrogen (secondary N) is 2. The van der Waals surface area contributed by atoms with Crippen LogP contribution in [-0.2, 0) is 9.59 Å². The molecule has 0 aromatic heterocycles. The molecule has 1 saturated heterocycles. The van der Waals surface area contributed by atoms with Crippen molar-refractivity contribution in [1.29, 1.82) is 0 Å². The first-order valence-corrected chi connectivity index (χ1v) is 10.7. The molecular weight excluding hydrogens is 408 g/mol. The van der Waals surface area contributed by atoms with Gasteiger partial charge < -0.3 is 15.5 Å². The van der Waals surface area contributed by atoms with E-state index in [4.69, 9.17) is 11.6 Å². The highest BCUT2D eigenvalue weighted by Gasteiger charge is 2.55. The van der Waals surface area contributed by atoms with Gasteiger partial charge in [-0.25, -0.2) is 4.79 Å². The van der Waals surface area contributed by atoms with Gasteiger partial charge >= 0.3 is 6.03 Å². The Morgan fingerprint density at radius 3 is 2.50 bits per heavy atom. The highest BCUT2D eigenvalue weighted by molar-refractivity contribution is 6.34. The standard InChI is InChI=1S/C21H27ClN4O4/c1-3-11-23-18(28)15-8-7-14(12-16(15)22)24-17(27)13-26-19(29)21(25(2)20(26)30)9-5-4-6-10-21/h7-8,12H,3-6,9-11,13H2,1-2H3,(H,23,28)(H,24,27). The summed E-state index contributed by atoms with van der Waals surface area (Å²) in [7, 11) is 1.63. The molecule has 1 saturated carbocycles. The van der Waals surface area contributed by atoms with Gasteiger partial charge in [0.1, 0.15) is 12.1 Å². The van der Waals surface area contributed by atoms with Crippen molar-refractivity contribution in [3.63, 3.8) is 0 Å². The summed E-state index contributed by atoms with van der Waals surface area (Å²) >= 11 is 6.18. The first-order valence-electron chi connectivity index (χ1n) is 10.3. The summed E-state index contributed by atoms with van der Waals surface area (Å²) in [6.45, 7) is 2.13. The number of carbonyl (C=O) groups is 4. The van der Waals surface area contributed by atoms with E-state index in [1.807, 2.05) is 6.92 Å². The van der Waals surface area contributed by atoms with Crippen molar-refractivity contribution in [3.05, 3.63) is 28.8 Å². The number of halogens is 1. The van der Waals surface area contributed by atoms with Gasteiger partial charge in [0.2, 0.25) is 5.91 Å². The van der Waals surface area contributed by atoms with Crippen molar-refractivity contribution in [1.82, 2.24) is 15.1 Å². The third kappa shape index (κ3) is 4.14. The molecule has 0 radical (unpaired) electrons. The van der Waals surface area contributed by atoms with Crippen molar-refractivity contribution in [2.75, 3.05) is 25.5 Å². The average molecular weight is 435 g/mol. The van der Waals surface area contributed by atoms with Gasteiger partial charge in [0.05, 0.1) is 10.6 Å². The molecule has 2 N–H and O–H groups in total. The summed E-state index contributed by atoms with van der Waals surface area (Å²) < 4.78 is 0. The normalized spacial score (nSPS) is 18.1. The molecule has 0 atom stereocenters. The number of amides is 5. The summed E-state index contributed by atoms with van der Waals surface area (Å²) in [6, 6.07) is 4.12. The smallest absolute Gasteiger partial charge is 0.327 e. The maximum absolute atomic E-state index is 13.0. The fourth-order valence-corrected chi connectivity index (χ4v) is 4.39. The summed E-state index contributed by atoms with van der Waals surface area (Å²) in [6.07, 6.45) is 4.89. The molecule has 3 rings (SSSR count). The number of anilines is 1. The second-order valence-electron chi connectivity index (χ2n) is 7.82. The number of likely N-dealkylation sites (N-methyl/N-ethyl adjacent to an activating group) is 1. The number of rotatable bonds is 6. The van der Waals surface area contributed by atoms with E-state index in [-0.39, 0.29) is 23.4 Å². The number of carbonyl (C=O) groups excluding carboxylic acids is 4. The molecule has 30 heavy (non-hydrogen) atoms. The van der Waals surface area contributed by atoms with Crippen molar-refractivity contribution in [3.8, 4) is 0 Å². The number of benzene rings is 1. The molecule has 0 bridgehead atoms. The molecule has 2 fully saturated rings. The third-order valence-electron chi connectivity index (χ3n) is 5.82. The van der Waals surface area contributed by atoms with Gasteiger partial charge in [-0.3, -0.25) is 19.3 Å². The Kier molecular flexibility index (Phi) is 6.65. The molecule has 162 valence electrons. The minimum Gasteiger partial charge on any atom is -0.352 e.